The SMILES string of the molecule is CC1C(=O)N(Cc2ccc([N+](=O)[O-])c(NN)c2)C(=O)C1C. The number of carbonyl (C=O) groups excluding carboxylic acids is 2. The van der Waals surface area contributed by atoms with Crippen molar-refractivity contribution >= 4 is 23.2 Å². The molecular formula is C13H16N4O4. The van der Waals surface area contributed by atoms with Crippen LogP contribution in [0, 0.1) is 22.0 Å². The van der Waals surface area contributed by atoms with Gasteiger partial charge in [0.15, 0.2) is 0 Å². The third-order valence-electron chi connectivity index (χ3n) is 3.81. The summed E-state index contributed by atoms with van der Waals surface area (Å²) in [4.78, 5) is 35.5. The topological polar surface area (TPSA) is 119 Å². The minimum absolute atomic E-state index is 0.0824. The fourth-order valence-corrected chi connectivity index (χ4v) is 2.32. The molecule has 1 aromatic rings. The molecule has 0 saturated carbocycles. The Kier molecular flexibility index (Phi) is 3.90. The first-order chi connectivity index (χ1) is 9.86. The van der Waals surface area contributed by atoms with Gasteiger partial charge in [-0.25, -0.2) is 0 Å². The summed E-state index contributed by atoms with van der Waals surface area (Å²) >= 11 is 0. The largest absolute Gasteiger partial charge is 0.318 e. The lowest BCUT2D eigenvalue weighted by molar-refractivity contribution is -0.384. The number of nitro groups is 1. The van der Waals surface area contributed by atoms with Gasteiger partial charge in [-0.15, -0.1) is 0 Å². The van der Waals surface area contributed by atoms with E-state index < -0.39 is 4.92 Å². The maximum Gasteiger partial charge on any atom is 0.293 e. The van der Waals surface area contributed by atoms with Crippen LogP contribution < -0.4 is 11.3 Å². The lowest BCUT2D eigenvalue weighted by atomic mass is 10.00. The van der Waals surface area contributed by atoms with Crippen molar-refractivity contribution in [1.29, 1.82) is 0 Å². The van der Waals surface area contributed by atoms with E-state index >= 15 is 0 Å². The average molecular weight is 292 g/mol. The number of nitrogens with one attached hydrogen (secondary N) is 1. The molecule has 8 heteroatoms. The van der Waals surface area contributed by atoms with Crippen molar-refractivity contribution in [3.8, 4) is 0 Å². The highest BCUT2D eigenvalue weighted by molar-refractivity contribution is 6.04. The van der Waals surface area contributed by atoms with Gasteiger partial charge in [-0.05, 0) is 11.6 Å². The number of rotatable bonds is 4. The number of hydrogen-bond acceptors (Lipinski definition) is 6. The molecule has 1 aliphatic rings. The average Bonchev–Trinajstić information content (AvgIpc) is 2.64. The Morgan fingerprint density at radius 1 is 1.29 bits per heavy atom. The monoisotopic (exact) mass is 292 g/mol. The van der Waals surface area contributed by atoms with Crippen molar-refractivity contribution < 1.29 is 14.5 Å². The van der Waals surface area contributed by atoms with Crippen LogP contribution in [0.15, 0.2) is 18.2 Å². The number of nitrogens with zero attached hydrogens (tertiary/aromatic N) is 2. The van der Waals surface area contributed by atoms with Crippen molar-refractivity contribution in [1.82, 2.24) is 4.90 Å². The molecule has 3 N–H and O–H groups in total. The van der Waals surface area contributed by atoms with Gasteiger partial charge in [-0.2, -0.15) is 0 Å². The molecule has 2 amide bonds. The maximum absolute atomic E-state index is 12.0. The molecule has 2 unspecified atom stereocenters. The van der Waals surface area contributed by atoms with Crippen molar-refractivity contribution in [3.05, 3.63) is 33.9 Å². The fraction of sp³-hybridized carbons (Fsp3) is 0.385. The van der Waals surface area contributed by atoms with Gasteiger partial charge in [0.05, 0.1) is 11.5 Å². The van der Waals surface area contributed by atoms with Crippen LogP contribution in [0.1, 0.15) is 19.4 Å². The number of nitrogen functional groups attached to an aromatic ring is 1. The highest BCUT2D eigenvalue weighted by atomic mass is 16.6. The Balaban J connectivity index is 2.27. The molecule has 2 atom stereocenters. The summed E-state index contributed by atoms with van der Waals surface area (Å²) in [5.74, 6) is 4.12. The van der Waals surface area contributed by atoms with E-state index in [9.17, 15) is 19.7 Å². The maximum atomic E-state index is 12.0. The third kappa shape index (κ3) is 2.57. The standard InChI is InChI=1S/C13H16N4O4/c1-7-8(2)13(19)16(12(7)18)6-9-3-4-11(17(20)21)10(5-9)15-14/h3-5,7-8,15H,6,14H2,1-2H3. The number of hydrazine groups is 1. The number of likely N-dealkylation sites (tertiary alicyclic amines) is 1. The highest BCUT2D eigenvalue weighted by Gasteiger charge is 2.42. The molecular weight excluding hydrogens is 276 g/mol. The van der Waals surface area contributed by atoms with Gasteiger partial charge in [0.1, 0.15) is 5.69 Å². The van der Waals surface area contributed by atoms with Gasteiger partial charge in [0, 0.05) is 17.9 Å². The van der Waals surface area contributed by atoms with Gasteiger partial charge in [0.2, 0.25) is 11.8 Å². The van der Waals surface area contributed by atoms with Crippen molar-refractivity contribution in [2.75, 3.05) is 5.43 Å². The van der Waals surface area contributed by atoms with Crippen LogP contribution in [-0.4, -0.2) is 21.6 Å². The van der Waals surface area contributed by atoms with Gasteiger partial charge >= 0.3 is 0 Å². The molecule has 1 fully saturated rings. The first-order valence-electron chi connectivity index (χ1n) is 6.46. The van der Waals surface area contributed by atoms with E-state index in [0.717, 1.165) is 0 Å². The zero-order valence-electron chi connectivity index (χ0n) is 11.7. The van der Waals surface area contributed by atoms with E-state index in [2.05, 4.69) is 5.43 Å². The van der Waals surface area contributed by atoms with Crippen molar-refractivity contribution in [2.45, 2.75) is 20.4 Å². The molecule has 112 valence electrons. The second-order valence-electron chi connectivity index (χ2n) is 5.09. The molecule has 0 radical (unpaired) electrons. The smallest absolute Gasteiger partial charge is 0.293 e. The Morgan fingerprint density at radius 3 is 2.33 bits per heavy atom. The van der Waals surface area contributed by atoms with E-state index in [1.54, 1.807) is 13.8 Å². The van der Waals surface area contributed by atoms with Gasteiger partial charge < -0.3 is 5.43 Å². The number of nitrogens with two attached hydrogens (primary N) is 1. The number of nitro benzene ring substituents is 1. The first kappa shape index (κ1) is 14.9. The predicted molar refractivity (Wildman–Crippen MR) is 74.8 cm³/mol. The van der Waals surface area contributed by atoms with Crippen molar-refractivity contribution in [2.24, 2.45) is 17.7 Å². The normalized spacial score (nSPS) is 21.8. The second-order valence-corrected chi connectivity index (χ2v) is 5.09. The first-order valence-corrected chi connectivity index (χ1v) is 6.46. The molecule has 1 aromatic carbocycles. The molecule has 8 nitrogen and oxygen atoms in total. The number of anilines is 1. The minimum atomic E-state index is -0.560. The molecule has 0 aromatic heterocycles. The Bertz CT molecular complexity index is 596. The molecule has 2 rings (SSSR count). The quantitative estimate of drug-likeness (QED) is 0.370. The van der Waals surface area contributed by atoms with Crippen LogP contribution >= 0.6 is 0 Å². The van der Waals surface area contributed by atoms with Gasteiger partial charge in [-0.1, -0.05) is 19.9 Å². The molecule has 1 saturated heterocycles. The molecule has 1 aliphatic heterocycles. The van der Waals surface area contributed by atoms with Crippen molar-refractivity contribution in [3.63, 3.8) is 0 Å². The number of imide groups is 1. The summed E-state index contributed by atoms with van der Waals surface area (Å²) in [5.41, 5.74) is 2.82. The Hall–Kier alpha value is -2.48. The Labute approximate surface area is 121 Å². The van der Waals surface area contributed by atoms with Crippen LogP contribution in [0.2, 0.25) is 0 Å². The number of hydrogen-bond donors (Lipinski definition) is 2. The molecule has 1 heterocycles. The number of amides is 2. The summed E-state index contributed by atoms with van der Waals surface area (Å²) in [6.45, 7) is 3.51. The highest BCUT2D eigenvalue weighted by Crippen LogP contribution is 2.29. The number of carbonyl (C=O) groups is 2. The van der Waals surface area contributed by atoms with E-state index in [0.29, 0.717) is 5.56 Å². The zero-order valence-corrected chi connectivity index (χ0v) is 11.7. The van der Waals surface area contributed by atoms with Crippen LogP contribution in [-0.2, 0) is 16.1 Å². The fourth-order valence-electron chi connectivity index (χ4n) is 2.32. The predicted octanol–water partition coefficient (Wildman–Crippen LogP) is 1.02. The van der Waals surface area contributed by atoms with Gasteiger partial charge in [-0.3, -0.25) is 30.4 Å². The summed E-state index contributed by atoms with van der Waals surface area (Å²) in [6.07, 6.45) is 0. The summed E-state index contributed by atoms with van der Waals surface area (Å²) in [7, 11) is 0. The molecule has 0 bridgehead atoms. The van der Waals surface area contributed by atoms with E-state index in [4.69, 9.17) is 5.84 Å². The molecule has 21 heavy (non-hydrogen) atoms. The summed E-state index contributed by atoms with van der Waals surface area (Å²) in [5, 5.41) is 10.8. The molecule has 0 aliphatic carbocycles. The summed E-state index contributed by atoms with van der Waals surface area (Å²) in [6, 6.07) is 4.27. The lowest BCUT2D eigenvalue weighted by Crippen LogP contribution is -2.30. The van der Waals surface area contributed by atoms with E-state index in [1.165, 1.54) is 23.1 Å². The summed E-state index contributed by atoms with van der Waals surface area (Å²) < 4.78 is 0. The van der Waals surface area contributed by atoms with Crippen LogP contribution in [0.5, 0.6) is 0 Å². The second kappa shape index (κ2) is 5.49. The van der Waals surface area contributed by atoms with E-state index in [-0.39, 0.29) is 41.6 Å². The minimum Gasteiger partial charge on any atom is -0.318 e. The van der Waals surface area contributed by atoms with Crippen LogP contribution in [0.4, 0.5) is 11.4 Å². The Morgan fingerprint density at radius 2 is 1.86 bits per heavy atom. The lowest BCUT2D eigenvalue weighted by Gasteiger charge is -2.15. The van der Waals surface area contributed by atoms with Crippen LogP contribution in [0.3, 0.4) is 0 Å². The van der Waals surface area contributed by atoms with E-state index in [1.807, 2.05) is 0 Å². The number of benzene rings is 1. The third-order valence-corrected chi connectivity index (χ3v) is 3.81. The molecule has 0 spiro atoms. The van der Waals surface area contributed by atoms with Gasteiger partial charge in [0.25, 0.3) is 5.69 Å². The van der Waals surface area contributed by atoms with Crippen LogP contribution in [0.25, 0.3) is 0 Å². The zero-order chi connectivity index (χ0) is 15.7.